The van der Waals surface area contributed by atoms with E-state index in [1.54, 1.807) is 31.3 Å². The number of anilines is 1. The second-order valence-electron chi connectivity index (χ2n) is 8.22. The number of carbonyl (C=O) groups excluding carboxylic acids is 1. The van der Waals surface area contributed by atoms with Crippen molar-refractivity contribution in [1.29, 1.82) is 0 Å². The minimum atomic E-state index is -0.658. The third-order valence-corrected chi connectivity index (χ3v) is 5.73. The van der Waals surface area contributed by atoms with Crippen molar-refractivity contribution in [1.82, 2.24) is 14.9 Å². The molecule has 0 saturated carbocycles. The van der Waals surface area contributed by atoms with Crippen LogP contribution in [0.15, 0.2) is 35.6 Å². The van der Waals surface area contributed by atoms with Gasteiger partial charge in [-0.2, -0.15) is 5.01 Å². The Morgan fingerprint density at radius 3 is 2.65 bits per heavy atom. The number of benzene rings is 1. The van der Waals surface area contributed by atoms with E-state index in [0.717, 1.165) is 21.7 Å². The van der Waals surface area contributed by atoms with Crippen molar-refractivity contribution in [2.24, 2.45) is 5.10 Å². The van der Waals surface area contributed by atoms with Gasteiger partial charge in [0.1, 0.15) is 12.3 Å². The predicted molar refractivity (Wildman–Crippen MR) is 132 cm³/mol. The molecule has 0 radical (unpaired) electrons. The fourth-order valence-corrected chi connectivity index (χ4v) is 3.71. The van der Waals surface area contributed by atoms with Gasteiger partial charge in [-0.1, -0.05) is 13.8 Å². The minimum absolute atomic E-state index is 0.0236. The number of likely N-dealkylation sites (N-methyl/N-ethyl adjacent to an activating group) is 1. The first kappa shape index (κ1) is 25.0. The molecule has 1 N–H and O–H groups in total. The molecule has 1 aromatic carbocycles. The van der Waals surface area contributed by atoms with Gasteiger partial charge in [0.25, 0.3) is 0 Å². The number of hydrazone groups is 1. The lowest BCUT2D eigenvalue weighted by molar-refractivity contribution is -0.107. The van der Waals surface area contributed by atoms with Gasteiger partial charge in [-0.3, -0.25) is 4.79 Å². The van der Waals surface area contributed by atoms with E-state index in [1.807, 2.05) is 39.8 Å². The molecular formula is C25H30FN5O3. The van der Waals surface area contributed by atoms with Crippen LogP contribution in [-0.4, -0.2) is 59.5 Å². The first-order valence-corrected chi connectivity index (χ1v) is 11.0. The van der Waals surface area contributed by atoms with Crippen molar-refractivity contribution in [2.75, 3.05) is 32.3 Å². The topological polar surface area (TPSA) is 91.2 Å². The lowest BCUT2D eigenvalue weighted by Gasteiger charge is -2.21. The smallest absolute Gasteiger partial charge is 0.234 e. The van der Waals surface area contributed by atoms with Crippen LogP contribution in [0.25, 0.3) is 22.2 Å². The molecule has 8 nitrogen and oxygen atoms in total. The van der Waals surface area contributed by atoms with Gasteiger partial charge < -0.3 is 14.7 Å². The molecule has 34 heavy (non-hydrogen) atoms. The zero-order valence-corrected chi connectivity index (χ0v) is 20.3. The second kappa shape index (κ2) is 10.6. The number of carbonyl (C=O) groups is 1. The third-order valence-electron chi connectivity index (χ3n) is 5.73. The molecule has 0 saturated heterocycles. The number of ether oxygens (including phenoxy) is 1. The van der Waals surface area contributed by atoms with Gasteiger partial charge in [0.2, 0.25) is 12.3 Å². The number of fused-ring (bicyclic) bond motifs is 1. The maximum atomic E-state index is 15.3. The molecule has 0 fully saturated rings. The number of nitrogens with zero attached hydrogens (tertiary/aromatic N) is 5. The molecule has 9 heteroatoms. The number of methoxy groups -OCH3 is 1. The molecule has 0 aliphatic carbocycles. The van der Waals surface area contributed by atoms with Crippen LogP contribution >= 0.6 is 0 Å². The number of aryl methyl sites for hydroxylation is 1. The number of hydrogen-bond acceptors (Lipinski definition) is 6. The summed E-state index contributed by atoms with van der Waals surface area (Å²) in [6, 6.07) is 6.68. The number of amides is 1. The molecule has 3 rings (SSSR count). The van der Waals surface area contributed by atoms with Crippen molar-refractivity contribution >= 4 is 28.8 Å². The summed E-state index contributed by atoms with van der Waals surface area (Å²) in [5, 5.41) is 15.4. The van der Waals surface area contributed by atoms with Gasteiger partial charge in [-0.15, -0.1) is 5.10 Å². The molecule has 2 aromatic heterocycles. The number of amidine groups is 1. The van der Waals surface area contributed by atoms with Crippen LogP contribution < -0.4 is 9.75 Å². The largest absolute Gasteiger partial charge is 0.480 e. The molecule has 180 valence electrons. The van der Waals surface area contributed by atoms with E-state index in [9.17, 15) is 9.90 Å². The molecule has 2 heterocycles. The zero-order valence-electron chi connectivity index (χ0n) is 20.3. The summed E-state index contributed by atoms with van der Waals surface area (Å²) in [6.07, 6.45) is 2.09. The van der Waals surface area contributed by atoms with Crippen LogP contribution in [0.2, 0.25) is 0 Å². The third kappa shape index (κ3) is 4.84. The lowest BCUT2D eigenvalue weighted by atomic mass is 9.95. The minimum Gasteiger partial charge on any atom is -0.480 e. The predicted octanol–water partition coefficient (Wildman–Crippen LogP) is 4.10. The first-order valence-electron chi connectivity index (χ1n) is 11.0. The normalized spacial score (nSPS) is 11.7. The quantitative estimate of drug-likeness (QED) is 0.232. The summed E-state index contributed by atoms with van der Waals surface area (Å²) in [5.74, 6) is 0.106. The van der Waals surface area contributed by atoms with Gasteiger partial charge in [0, 0.05) is 31.2 Å². The van der Waals surface area contributed by atoms with E-state index in [-0.39, 0.29) is 17.4 Å². The van der Waals surface area contributed by atoms with Gasteiger partial charge in [-0.25, -0.2) is 14.4 Å². The Bertz CT molecular complexity index is 1230. The number of halogens is 1. The van der Waals surface area contributed by atoms with E-state index in [4.69, 9.17) is 9.72 Å². The summed E-state index contributed by atoms with van der Waals surface area (Å²) < 4.78 is 20.7. The van der Waals surface area contributed by atoms with E-state index in [1.165, 1.54) is 6.07 Å². The maximum absolute atomic E-state index is 15.3. The number of hydrogen-bond donors (Lipinski definition) is 1. The molecule has 0 aliphatic heterocycles. The Hall–Kier alpha value is -3.59. The van der Waals surface area contributed by atoms with Gasteiger partial charge >= 0.3 is 0 Å². The van der Waals surface area contributed by atoms with E-state index in [2.05, 4.69) is 10.1 Å². The highest BCUT2D eigenvalue weighted by Gasteiger charge is 2.20. The van der Waals surface area contributed by atoms with E-state index in [0.29, 0.717) is 35.4 Å². The average molecular weight is 468 g/mol. The summed E-state index contributed by atoms with van der Waals surface area (Å²) in [5.41, 5.74) is 3.65. The highest BCUT2D eigenvalue weighted by Crippen LogP contribution is 2.36. The molecule has 0 spiro atoms. The van der Waals surface area contributed by atoms with Gasteiger partial charge in [-0.05, 0) is 49.1 Å². The zero-order chi connectivity index (χ0) is 25.0. The molecular weight excluding hydrogens is 437 g/mol. The number of rotatable bonds is 8. The molecule has 0 bridgehead atoms. The van der Waals surface area contributed by atoms with Crippen molar-refractivity contribution in [3.63, 3.8) is 0 Å². The van der Waals surface area contributed by atoms with Crippen LogP contribution in [0.3, 0.4) is 0 Å². The summed E-state index contributed by atoms with van der Waals surface area (Å²) in [6.45, 7) is 8.06. The highest BCUT2D eigenvalue weighted by molar-refractivity contribution is 5.93. The van der Waals surface area contributed by atoms with Crippen LogP contribution in [0.5, 0.6) is 5.88 Å². The van der Waals surface area contributed by atoms with Gasteiger partial charge in [0.05, 0.1) is 23.9 Å². The number of aliphatic hydroxyl groups excluding tert-OH is 1. The molecule has 0 atom stereocenters. The second-order valence-corrected chi connectivity index (χ2v) is 8.22. The van der Waals surface area contributed by atoms with E-state index < -0.39 is 12.4 Å². The van der Waals surface area contributed by atoms with Crippen molar-refractivity contribution < 1.29 is 19.0 Å². The molecule has 1 amide bonds. The van der Waals surface area contributed by atoms with Gasteiger partial charge in [0.15, 0.2) is 11.7 Å². The Morgan fingerprint density at radius 2 is 2.06 bits per heavy atom. The van der Waals surface area contributed by atoms with Crippen LogP contribution in [-0.2, 0) is 4.79 Å². The number of pyridine rings is 2. The number of aromatic nitrogens is 2. The maximum Gasteiger partial charge on any atom is 0.234 e. The Kier molecular flexibility index (Phi) is 7.78. The SMILES string of the molecule is CCN(C)/C(CO)=N\N(C=O)c1cc2c(C(C)C)cc(-c3c(C)ccnc3OC)nc2cc1F. The highest BCUT2D eigenvalue weighted by atomic mass is 19.1. The summed E-state index contributed by atoms with van der Waals surface area (Å²) in [4.78, 5) is 22.5. The lowest BCUT2D eigenvalue weighted by Crippen LogP contribution is -2.32. The Labute approximate surface area is 198 Å². The molecule has 0 aliphatic rings. The van der Waals surface area contributed by atoms with Crippen LogP contribution in [0, 0.1) is 12.7 Å². The summed E-state index contributed by atoms with van der Waals surface area (Å²) >= 11 is 0. The molecule has 0 unspecified atom stereocenters. The Morgan fingerprint density at radius 1 is 1.32 bits per heavy atom. The van der Waals surface area contributed by atoms with E-state index >= 15 is 4.39 Å². The standard InChI is InChI=1S/C25H30FN5O3/c1-7-30(5)23(13-32)29-31(14-33)22-11-18-17(15(2)3)10-21(28-20(18)12-19(22)26)24-16(4)8-9-27-25(24)34-6/h8-12,14-15,32H,7,13H2,1-6H3/b29-23-. The van der Waals surface area contributed by atoms with Crippen LogP contribution in [0.1, 0.15) is 37.8 Å². The fourth-order valence-electron chi connectivity index (χ4n) is 3.71. The fraction of sp³-hybridized carbons (Fsp3) is 0.360. The Balaban J connectivity index is 2.25. The first-order chi connectivity index (χ1) is 16.2. The van der Waals surface area contributed by atoms with Crippen molar-refractivity contribution in [3.8, 4) is 17.1 Å². The monoisotopic (exact) mass is 467 g/mol. The average Bonchev–Trinajstić information content (AvgIpc) is 2.83. The number of aliphatic hydroxyl groups is 1. The van der Waals surface area contributed by atoms with Crippen molar-refractivity contribution in [3.05, 3.63) is 47.4 Å². The summed E-state index contributed by atoms with van der Waals surface area (Å²) in [7, 11) is 3.28. The van der Waals surface area contributed by atoms with Crippen molar-refractivity contribution in [2.45, 2.75) is 33.6 Å². The van der Waals surface area contributed by atoms with Crippen LogP contribution in [0.4, 0.5) is 10.1 Å². The molecule has 3 aromatic rings.